The monoisotopic (exact) mass is 309 g/mol. The standard InChI is InChI=1S/C16H23NO5/c1-11(2)12(3)17-15(18)9-22-16(19)10-21-14-7-5-13(20-4)6-8-14/h5-8,11-12H,9-10H2,1-4H3,(H,17,18)/t12-/m1/s1. The summed E-state index contributed by atoms with van der Waals surface area (Å²) in [7, 11) is 1.57. The lowest BCUT2D eigenvalue weighted by atomic mass is 10.1. The zero-order valence-corrected chi connectivity index (χ0v) is 13.4. The molecule has 0 radical (unpaired) electrons. The number of methoxy groups -OCH3 is 1. The molecule has 0 aliphatic heterocycles. The van der Waals surface area contributed by atoms with Gasteiger partial charge in [-0.1, -0.05) is 13.8 Å². The van der Waals surface area contributed by atoms with E-state index in [0.717, 1.165) is 0 Å². The van der Waals surface area contributed by atoms with Gasteiger partial charge in [0.25, 0.3) is 5.91 Å². The van der Waals surface area contributed by atoms with Gasteiger partial charge < -0.3 is 19.5 Å². The number of hydrogen-bond acceptors (Lipinski definition) is 5. The summed E-state index contributed by atoms with van der Waals surface area (Å²) < 4.78 is 15.1. The first-order valence-corrected chi connectivity index (χ1v) is 7.14. The Balaban J connectivity index is 2.26. The van der Waals surface area contributed by atoms with Crippen molar-refractivity contribution in [2.45, 2.75) is 26.8 Å². The molecule has 0 unspecified atom stereocenters. The van der Waals surface area contributed by atoms with Gasteiger partial charge in [0.15, 0.2) is 13.2 Å². The predicted molar refractivity (Wildman–Crippen MR) is 81.9 cm³/mol. The molecular formula is C16H23NO5. The molecule has 1 atom stereocenters. The number of benzene rings is 1. The summed E-state index contributed by atoms with van der Waals surface area (Å²) in [5, 5.41) is 2.75. The van der Waals surface area contributed by atoms with Crippen LogP contribution in [0.1, 0.15) is 20.8 Å². The largest absolute Gasteiger partial charge is 0.497 e. The van der Waals surface area contributed by atoms with E-state index < -0.39 is 5.97 Å². The van der Waals surface area contributed by atoms with Crippen molar-refractivity contribution in [1.82, 2.24) is 5.32 Å². The lowest BCUT2D eigenvalue weighted by Crippen LogP contribution is -2.39. The molecule has 6 heteroatoms. The minimum absolute atomic E-state index is 0.0294. The summed E-state index contributed by atoms with van der Waals surface area (Å²) in [4.78, 5) is 23.1. The molecule has 0 aliphatic carbocycles. The lowest BCUT2D eigenvalue weighted by Gasteiger charge is -2.17. The third-order valence-electron chi connectivity index (χ3n) is 3.17. The van der Waals surface area contributed by atoms with E-state index >= 15 is 0 Å². The molecule has 0 saturated heterocycles. The molecule has 0 fully saturated rings. The minimum Gasteiger partial charge on any atom is -0.497 e. The predicted octanol–water partition coefficient (Wildman–Crippen LogP) is 1.78. The molecule has 1 N–H and O–H groups in total. The Bertz CT molecular complexity index is 484. The second kappa shape index (κ2) is 8.92. The Kier molecular flexibility index (Phi) is 7.22. The van der Waals surface area contributed by atoms with Crippen LogP contribution < -0.4 is 14.8 Å². The number of nitrogens with one attached hydrogen (secondary N) is 1. The summed E-state index contributed by atoms with van der Waals surface area (Å²) in [6.07, 6.45) is 0. The third kappa shape index (κ3) is 6.47. The summed E-state index contributed by atoms with van der Waals surface area (Å²) in [5.41, 5.74) is 0. The third-order valence-corrected chi connectivity index (χ3v) is 3.17. The summed E-state index contributed by atoms with van der Waals surface area (Å²) in [6.45, 7) is 5.34. The van der Waals surface area contributed by atoms with Gasteiger partial charge in [-0.3, -0.25) is 4.79 Å². The molecule has 1 aromatic carbocycles. The van der Waals surface area contributed by atoms with Crippen LogP contribution in [0, 0.1) is 5.92 Å². The number of hydrogen-bond donors (Lipinski definition) is 1. The average molecular weight is 309 g/mol. The average Bonchev–Trinajstić information content (AvgIpc) is 2.51. The smallest absolute Gasteiger partial charge is 0.344 e. The Morgan fingerprint density at radius 3 is 2.18 bits per heavy atom. The molecule has 1 amide bonds. The molecule has 122 valence electrons. The van der Waals surface area contributed by atoms with Crippen molar-refractivity contribution in [3.05, 3.63) is 24.3 Å². The first-order chi connectivity index (χ1) is 10.4. The van der Waals surface area contributed by atoms with E-state index in [-0.39, 0.29) is 25.2 Å². The molecule has 6 nitrogen and oxygen atoms in total. The number of carbonyl (C=O) groups excluding carboxylic acids is 2. The number of rotatable bonds is 8. The Hall–Kier alpha value is -2.24. The van der Waals surface area contributed by atoms with Crippen molar-refractivity contribution in [3.63, 3.8) is 0 Å². The summed E-state index contributed by atoms with van der Waals surface area (Å²) in [5.74, 6) is 0.627. The fraction of sp³-hybridized carbons (Fsp3) is 0.500. The van der Waals surface area contributed by atoms with Crippen molar-refractivity contribution in [2.24, 2.45) is 5.92 Å². The van der Waals surface area contributed by atoms with Gasteiger partial charge in [-0.15, -0.1) is 0 Å². The summed E-state index contributed by atoms with van der Waals surface area (Å²) >= 11 is 0. The van der Waals surface area contributed by atoms with Crippen LogP contribution in [0.15, 0.2) is 24.3 Å². The van der Waals surface area contributed by atoms with E-state index in [1.807, 2.05) is 20.8 Å². The Morgan fingerprint density at radius 2 is 1.64 bits per heavy atom. The molecule has 22 heavy (non-hydrogen) atoms. The molecule has 0 aliphatic rings. The molecule has 1 aromatic rings. The Morgan fingerprint density at radius 1 is 1.05 bits per heavy atom. The first-order valence-electron chi connectivity index (χ1n) is 7.14. The number of amides is 1. The van der Waals surface area contributed by atoms with Crippen LogP contribution in [0.5, 0.6) is 11.5 Å². The molecular weight excluding hydrogens is 286 g/mol. The van der Waals surface area contributed by atoms with E-state index in [0.29, 0.717) is 17.4 Å². The van der Waals surface area contributed by atoms with Gasteiger partial charge in [0.1, 0.15) is 11.5 Å². The van der Waals surface area contributed by atoms with Gasteiger partial charge in [0.2, 0.25) is 0 Å². The quantitative estimate of drug-likeness (QED) is 0.741. The van der Waals surface area contributed by atoms with Crippen molar-refractivity contribution in [1.29, 1.82) is 0 Å². The molecule has 0 saturated carbocycles. The van der Waals surface area contributed by atoms with Crippen molar-refractivity contribution in [3.8, 4) is 11.5 Å². The fourth-order valence-corrected chi connectivity index (χ4v) is 1.46. The number of esters is 1. The highest BCUT2D eigenvalue weighted by atomic mass is 16.6. The highest BCUT2D eigenvalue weighted by Crippen LogP contribution is 2.16. The van der Waals surface area contributed by atoms with Gasteiger partial charge in [0.05, 0.1) is 7.11 Å². The molecule has 1 rings (SSSR count). The second-order valence-electron chi connectivity index (χ2n) is 5.23. The first kappa shape index (κ1) is 17.8. The summed E-state index contributed by atoms with van der Waals surface area (Å²) in [6, 6.07) is 6.84. The highest BCUT2D eigenvalue weighted by Gasteiger charge is 2.13. The Labute approximate surface area is 130 Å². The van der Waals surface area contributed by atoms with E-state index in [2.05, 4.69) is 5.32 Å². The molecule has 0 spiro atoms. The van der Waals surface area contributed by atoms with Crippen LogP contribution in [0.25, 0.3) is 0 Å². The normalized spacial score (nSPS) is 11.7. The van der Waals surface area contributed by atoms with Crippen LogP contribution in [-0.2, 0) is 14.3 Å². The van der Waals surface area contributed by atoms with E-state index in [1.54, 1.807) is 31.4 Å². The van der Waals surface area contributed by atoms with Crippen LogP contribution in [0.2, 0.25) is 0 Å². The zero-order chi connectivity index (χ0) is 16.5. The van der Waals surface area contributed by atoms with Crippen molar-refractivity contribution in [2.75, 3.05) is 20.3 Å². The van der Waals surface area contributed by atoms with Gasteiger partial charge in [0, 0.05) is 6.04 Å². The maximum Gasteiger partial charge on any atom is 0.344 e. The van der Waals surface area contributed by atoms with Crippen LogP contribution in [-0.4, -0.2) is 38.2 Å². The van der Waals surface area contributed by atoms with Gasteiger partial charge in [-0.25, -0.2) is 4.79 Å². The van der Waals surface area contributed by atoms with Crippen LogP contribution in [0.3, 0.4) is 0 Å². The zero-order valence-electron chi connectivity index (χ0n) is 13.4. The van der Waals surface area contributed by atoms with Crippen molar-refractivity contribution < 1.29 is 23.8 Å². The minimum atomic E-state index is -0.594. The van der Waals surface area contributed by atoms with E-state index in [4.69, 9.17) is 14.2 Å². The number of ether oxygens (including phenoxy) is 3. The van der Waals surface area contributed by atoms with Crippen molar-refractivity contribution >= 4 is 11.9 Å². The van der Waals surface area contributed by atoms with Crippen LogP contribution in [0.4, 0.5) is 0 Å². The second-order valence-corrected chi connectivity index (χ2v) is 5.23. The number of carbonyl (C=O) groups is 2. The van der Waals surface area contributed by atoms with Crippen LogP contribution >= 0.6 is 0 Å². The topological polar surface area (TPSA) is 73.9 Å². The van der Waals surface area contributed by atoms with E-state index in [1.165, 1.54) is 0 Å². The molecule has 0 bridgehead atoms. The maximum absolute atomic E-state index is 11.6. The SMILES string of the molecule is COc1ccc(OCC(=O)OCC(=O)N[C@H](C)C(C)C)cc1. The maximum atomic E-state index is 11.6. The van der Waals surface area contributed by atoms with Gasteiger partial charge in [-0.05, 0) is 37.1 Å². The fourth-order valence-electron chi connectivity index (χ4n) is 1.46. The van der Waals surface area contributed by atoms with Gasteiger partial charge >= 0.3 is 5.97 Å². The highest BCUT2D eigenvalue weighted by molar-refractivity contribution is 5.81. The molecule has 0 aromatic heterocycles. The molecule has 0 heterocycles. The lowest BCUT2D eigenvalue weighted by molar-refractivity contribution is -0.150. The van der Waals surface area contributed by atoms with Gasteiger partial charge in [-0.2, -0.15) is 0 Å². The van der Waals surface area contributed by atoms with E-state index in [9.17, 15) is 9.59 Å².